The molecule has 2 aromatic rings. The molecule has 1 atom stereocenters. The first kappa shape index (κ1) is 16.7. The Bertz CT molecular complexity index is 879. The van der Waals surface area contributed by atoms with Crippen LogP contribution in [0.2, 0.25) is 0 Å². The highest BCUT2D eigenvalue weighted by Gasteiger charge is 2.34. The molecule has 0 unspecified atom stereocenters. The summed E-state index contributed by atoms with van der Waals surface area (Å²) in [6, 6.07) is 7.54. The van der Waals surface area contributed by atoms with E-state index in [0.29, 0.717) is 18.7 Å². The van der Waals surface area contributed by atoms with E-state index >= 15 is 0 Å². The number of carbonyl (C=O) groups excluding carboxylic acids is 1. The van der Waals surface area contributed by atoms with Crippen molar-refractivity contribution in [2.24, 2.45) is 5.92 Å². The number of carbonyl (C=O) groups is 1. The Hall–Kier alpha value is -2.15. The van der Waals surface area contributed by atoms with E-state index in [1.54, 1.807) is 25.3 Å². The fraction of sp³-hybridized carbons (Fsp3) is 0.412. The second kappa shape index (κ2) is 6.39. The molecular formula is C17H20N2O4S. The highest BCUT2D eigenvalue weighted by molar-refractivity contribution is 7.91. The van der Waals surface area contributed by atoms with E-state index in [0.717, 1.165) is 16.5 Å². The number of aromatic nitrogens is 1. The van der Waals surface area contributed by atoms with Crippen LogP contribution < -0.4 is 4.74 Å². The molecule has 3 rings (SSSR count). The Morgan fingerprint density at radius 1 is 1.38 bits per heavy atom. The first-order valence-corrected chi connectivity index (χ1v) is 9.59. The Labute approximate surface area is 141 Å². The van der Waals surface area contributed by atoms with E-state index in [-0.39, 0.29) is 17.4 Å². The summed E-state index contributed by atoms with van der Waals surface area (Å²) in [4.78, 5) is 18.5. The predicted octanol–water partition coefficient (Wildman–Crippen LogP) is 1.64. The summed E-state index contributed by atoms with van der Waals surface area (Å²) in [5.74, 6) is 0.199. The van der Waals surface area contributed by atoms with Crippen LogP contribution >= 0.6 is 0 Å². The summed E-state index contributed by atoms with van der Waals surface area (Å²) in [7, 11) is 0.240. The number of pyridine rings is 1. The van der Waals surface area contributed by atoms with Gasteiger partial charge < -0.3 is 9.64 Å². The molecule has 7 heteroatoms. The first-order valence-electron chi connectivity index (χ1n) is 7.77. The molecule has 1 aromatic heterocycles. The van der Waals surface area contributed by atoms with Crippen molar-refractivity contribution in [3.63, 3.8) is 0 Å². The van der Waals surface area contributed by atoms with Crippen molar-refractivity contribution >= 4 is 26.6 Å². The lowest BCUT2D eigenvalue weighted by atomic mass is 10.1. The van der Waals surface area contributed by atoms with Gasteiger partial charge in [0, 0.05) is 25.2 Å². The highest BCUT2D eigenvalue weighted by atomic mass is 32.2. The zero-order chi connectivity index (χ0) is 17.3. The minimum Gasteiger partial charge on any atom is -0.494 e. The monoisotopic (exact) mass is 348 g/mol. The Morgan fingerprint density at radius 3 is 2.83 bits per heavy atom. The van der Waals surface area contributed by atoms with Crippen molar-refractivity contribution in [3.05, 3.63) is 36.0 Å². The minimum absolute atomic E-state index is 0.0406. The van der Waals surface area contributed by atoms with Gasteiger partial charge in [0.2, 0.25) is 5.91 Å². The molecule has 1 aromatic carbocycles. The van der Waals surface area contributed by atoms with Gasteiger partial charge in [0.05, 0.1) is 24.5 Å². The van der Waals surface area contributed by atoms with Crippen LogP contribution in [0.5, 0.6) is 5.75 Å². The smallest absolute Gasteiger partial charge is 0.226 e. The van der Waals surface area contributed by atoms with Crippen LogP contribution in [0.4, 0.5) is 0 Å². The summed E-state index contributed by atoms with van der Waals surface area (Å²) < 4.78 is 28.5. The zero-order valence-electron chi connectivity index (χ0n) is 13.7. The second-order valence-electron chi connectivity index (χ2n) is 6.12. The predicted molar refractivity (Wildman–Crippen MR) is 91.5 cm³/mol. The number of fused-ring (bicyclic) bond motifs is 1. The van der Waals surface area contributed by atoms with Gasteiger partial charge in [-0.25, -0.2) is 8.42 Å². The van der Waals surface area contributed by atoms with Crippen molar-refractivity contribution in [1.82, 2.24) is 9.88 Å². The molecule has 1 fully saturated rings. The van der Waals surface area contributed by atoms with E-state index in [1.165, 1.54) is 0 Å². The molecular weight excluding hydrogens is 328 g/mol. The number of methoxy groups -OCH3 is 1. The average Bonchev–Trinajstić information content (AvgIpc) is 2.94. The standard InChI is InChI=1S/C17H20N2O4S/c1-19(17(20)13-7-9-24(21,22)11-13)10-12-5-6-15(23-2)16-14(12)4-3-8-18-16/h3-6,8,13H,7,9-11H2,1-2H3/t13-/m1/s1. The molecule has 128 valence electrons. The maximum absolute atomic E-state index is 12.5. The SMILES string of the molecule is COc1ccc(CN(C)C(=O)[C@@H]2CCS(=O)(=O)C2)c2cccnc12. The third kappa shape index (κ3) is 3.21. The van der Waals surface area contributed by atoms with Crippen LogP contribution in [0.3, 0.4) is 0 Å². The van der Waals surface area contributed by atoms with Gasteiger partial charge in [0.1, 0.15) is 11.3 Å². The molecule has 0 bridgehead atoms. The van der Waals surface area contributed by atoms with Crippen LogP contribution in [-0.4, -0.2) is 49.9 Å². The van der Waals surface area contributed by atoms with E-state index in [1.807, 2.05) is 24.3 Å². The fourth-order valence-corrected chi connectivity index (χ4v) is 4.88. The van der Waals surface area contributed by atoms with E-state index in [9.17, 15) is 13.2 Å². The van der Waals surface area contributed by atoms with Crippen molar-refractivity contribution < 1.29 is 17.9 Å². The Morgan fingerprint density at radius 2 is 2.17 bits per heavy atom. The van der Waals surface area contributed by atoms with E-state index in [2.05, 4.69) is 4.98 Å². The number of sulfone groups is 1. The molecule has 1 aliphatic rings. The number of ether oxygens (including phenoxy) is 1. The molecule has 2 heterocycles. The van der Waals surface area contributed by atoms with Gasteiger partial charge in [-0.05, 0) is 24.1 Å². The maximum Gasteiger partial charge on any atom is 0.226 e. The number of hydrogen-bond donors (Lipinski definition) is 0. The molecule has 6 nitrogen and oxygen atoms in total. The van der Waals surface area contributed by atoms with Crippen molar-refractivity contribution in [2.45, 2.75) is 13.0 Å². The lowest BCUT2D eigenvalue weighted by Crippen LogP contribution is -2.33. The van der Waals surface area contributed by atoms with Gasteiger partial charge in [-0.15, -0.1) is 0 Å². The largest absolute Gasteiger partial charge is 0.494 e. The number of hydrogen-bond acceptors (Lipinski definition) is 5. The molecule has 0 saturated carbocycles. The van der Waals surface area contributed by atoms with Gasteiger partial charge in [-0.1, -0.05) is 12.1 Å². The molecule has 1 saturated heterocycles. The minimum atomic E-state index is -3.06. The molecule has 0 aliphatic carbocycles. The molecule has 0 spiro atoms. The molecule has 0 radical (unpaired) electrons. The van der Waals surface area contributed by atoms with Gasteiger partial charge in [-0.2, -0.15) is 0 Å². The van der Waals surface area contributed by atoms with Gasteiger partial charge in [0.25, 0.3) is 0 Å². The third-order valence-corrected chi connectivity index (χ3v) is 6.18. The third-order valence-electron chi connectivity index (χ3n) is 4.41. The Kier molecular flexibility index (Phi) is 4.45. The van der Waals surface area contributed by atoms with Crippen molar-refractivity contribution in [1.29, 1.82) is 0 Å². The quantitative estimate of drug-likeness (QED) is 0.839. The summed E-state index contributed by atoms with van der Waals surface area (Å²) in [5.41, 5.74) is 1.71. The van der Waals surface area contributed by atoms with Gasteiger partial charge >= 0.3 is 0 Å². The van der Waals surface area contributed by atoms with Crippen molar-refractivity contribution in [2.75, 3.05) is 25.7 Å². The average molecular weight is 348 g/mol. The molecule has 24 heavy (non-hydrogen) atoms. The van der Waals surface area contributed by atoms with Crippen LogP contribution in [0.25, 0.3) is 10.9 Å². The number of benzene rings is 1. The van der Waals surface area contributed by atoms with Crippen LogP contribution in [0.1, 0.15) is 12.0 Å². The van der Waals surface area contributed by atoms with Gasteiger partial charge in [-0.3, -0.25) is 9.78 Å². The first-order chi connectivity index (χ1) is 11.4. The summed E-state index contributed by atoms with van der Waals surface area (Å²) in [5, 5.41) is 0.926. The fourth-order valence-electron chi connectivity index (χ4n) is 3.14. The van der Waals surface area contributed by atoms with Gasteiger partial charge in [0.15, 0.2) is 9.84 Å². The number of amides is 1. The lowest BCUT2D eigenvalue weighted by molar-refractivity contribution is -0.133. The zero-order valence-corrected chi connectivity index (χ0v) is 14.5. The maximum atomic E-state index is 12.5. The Balaban J connectivity index is 1.83. The molecule has 0 N–H and O–H groups in total. The van der Waals surface area contributed by atoms with Crippen LogP contribution in [0, 0.1) is 5.92 Å². The topological polar surface area (TPSA) is 76.6 Å². The summed E-state index contributed by atoms with van der Waals surface area (Å²) in [6.45, 7) is 0.404. The summed E-state index contributed by atoms with van der Waals surface area (Å²) >= 11 is 0. The number of rotatable bonds is 4. The lowest BCUT2D eigenvalue weighted by Gasteiger charge is -2.21. The second-order valence-corrected chi connectivity index (χ2v) is 8.35. The summed E-state index contributed by atoms with van der Waals surface area (Å²) in [6.07, 6.45) is 2.11. The van der Waals surface area contributed by atoms with Crippen LogP contribution in [0.15, 0.2) is 30.5 Å². The highest BCUT2D eigenvalue weighted by Crippen LogP contribution is 2.28. The van der Waals surface area contributed by atoms with Crippen LogP contribution in [-0.2, 0) is 21.2 Å². The molecule has 1 amide bonds. The number of nitrogens with zero attached hydrogens (tertiary/aromatic N) is 2. The van der Waals surface area contributed by atoms with E-state index < -0.39 is 15.8 Å². The normalized spacial score (nSPS) is 19.3. The van der Waals surface area contributed by atoms with E-state index in [4.69, 9.17) is 4.74 Å². The van der Waals surface area contributed by atoms with Crippen molar-refractivity contribution in [3.8, 4) is 5.75 Å². The molecule has 1 aliphatic heterocycles.